The second kappa shape index (κ2) is 10.9. The highest BCUT2D eigenvalue weighted by atomic mass is 35.5. The van der Waals surface area contributed by atoms with Crippen LogP contribution in [0.15, 0.2) is 29.4 Å². The summed E-state index contributed by atoms with van der Waals surface area (Å²) in [5.74, 6) is 0.204. The van der Waals surface area contributed by atoms with E-state index in [1.807, 2.05) is 0 Å². The van der Waals surface area contributed by atoms with E-state index in [0.717, 1.165) is 25.7 Å². The van der Waals surface area contributed by atoms with Crippen LogP contribution in [-0.2, 0) is 21.4 Å². The average Bonchev–Trinajstić information content (AvgIpc) is 3.29. The number of imidazole rings is 1. The van der Waals surface area contributed by atoms with Gasteiger partial charge in [0.25, 0.3) is 0 Å². The van der Waals surface area contributed by atoms with Crippen molar-refractivity contribution in [3.05, 3.63) is 44.7 Å². The Bertz CT molecular complexity index is 1230. The number of anilines is 1. The molecule has 1 saturated heterocycles. The molecule has 1 aromatic carbocycles. The number of nitrogens with one attached hydrogen (secondary N) is 1. The van der Waals surface area contributed by atoms with Crippen molar-refractivity contribution in [2.75, 3.05) is 18.8 Å². The first-order valence-corrected chi connectivity index (χ1v) is 14.0. The van der Waals surface area contributed by atoms with E-state index < -0.39 is 26.9 Å². The summed E-state index contributed by atoms with van der Waals surface area (Å²) in [6, 6.07) is 1.33. The molecule has 11 nitrogen and oxygen atoms in total. The fourth-order valence-electron chi connectivity index (χ4n) is 5.28. The number of aromatic nitrogens is 2. The number of hydrogen-bond donors (Lipinski definition) is 2. The summed E-state index contributed by atoms with van der Waals surface area (Å²) >= 11 is 12.1. The van der Waals surface area contributed by atoms with Crippen LogP contribution in [0.25, 0.3) is 0 Å². The summed E-state index contributed by atoms with van der Waals surface area (Å²) in [4.78, 5) is 29.3. The zero-order valence-electron chi connectivity index (χ0n) is 19.5. The Morgan fingerprint density at radius 2 is 1.97 bits per heavy atom. The molecule has 1 unspecified atom stereocenters. The zero-order chi connectivity index (χ0) is 26.0. The molecule has 196 valence electrons. The van der Waals surface area contributed by atoms with Gasteiger partial charge in [0.05, 0.1) is 17.3 Å². The number of likely N-dealkylation sites (tertiary alicyclic amines) is 1. The molecule has 0 spiro atoms. The van der Waals surface area contributed by atoms with Crippen molar-refractivity contribution in [3.8, 4) is 0 Å². The van der Waals surface area contributed by atoms with Crippen LogP contribution in [0.4, 0.5) is 11.6 Å². The van der Waals surface area contributed by atoms with Crippen LogP contribution in [0, 0.1) is 22.0 Å². The molecule has 2 fully saturated rings. The molecule has 1 aromatic heterocycles. The first kappa shape index (κ1) is 26.6. The van der Waals surface area contributed by atoms with Crippen molar-refractivity contribution in [1.29, 1.82) is 0 Å². The molecule has 0 bridgehead atoms. The molecule has 1 saturated carbocycles. The van der Waals surface area contributed by atoms with Crippen molar-refractivity contribution in [3.63, 3.8) is 0 Å². The van der Waals surface area contributed by atoms with Crippen LogP contribution in [0.5, 0.6) is 0 Å². The number of halogens is 2. The quantitative estimate of drug-likeness (QED) is 0.285. The number of sulfonamides is 1. The Kier molecular flexibility index (Phi) is 8.08. The number of rotatable bonds is 8. The maximum absolute atomic E-state index is 13.6. The summed E-state index contributed by atoms with van der Waals surface area (Å²) in [7, 11) is -4.33. The van der Waals surface area contributed by atoms with Crippen molar-refractivity contribution in [2.24, 2.45) is 11.8 Å². The lowest BCUT2D eigenvalue weighted by Crippen LogP contribution is -2.53. The Hall–Kier alpha value is -2.41. The summed E-state index contributed by atoms with van der Waals surface area (Å²) in [6.07, 6.45) is 8.05. The Morgan fingerprint density at radius 3 is 2.67 bits per heavy atom. The fourth-order valence-corrected chi connectivity index (χ4v) is 7.49. The number of fused-ring (bicyclic) bond motifs is 1. The van der Waals surface area contributed by atoms with Crippen molar-refractivity contribution >= 4 is 50.8 Å². The molecule has 1 aliphatic carbocycles. The van der Waals surface area contributed by atoms with Gasteiger partial charge in [0.1, 0.15) is 23.3 Å². The highest BCUT2D eigenvalue weighted by Gasteiger charge is 2.37. The summed E-state index contributed by atoms with van der Waals surface area (Å²) in [5.41, 5.74) is 5.76. The standard InChI is InChI=1S/C22H28Cl2N6O5S/c23-16-11-17(24)20(18(25)12-16)36(34,35)27-19(6-9-28-10-7-26-22(28)30(32)33)21(31)29-8-5-14-3-1-2-4-15(14)13-29/h7,10-12,14-15,19,27H,1-6,8-9,13,25H2/t14-,15+,19?/m0/s1. The minimum Gasteiger partial charge on any atom is -0.398 e. The number of carbonyl (C=O) groups is 1. The van der Waals surface area contributed by atoms with E-state index in [4.69, 9.17) is 28.9 Å². The number of aryl methyl sites for hydroxylation is 1. The van der Waals surface area contributed by atoms with E-state index in [-0.39, 0.29) is 39.5 Å². The molecule has 3 atom stereocenters. The third-order valence-electron chi connectivity index (χ3n) is 7.02. The van der Waals surface area contributed by atoms with Gasteiger partial charge in [-0.05, 0) is 41.7 Å². The zero-order valence-corrected chi connectivity index (χ0v) is 21.8. The summed E-state index contributed by atoms with van der Waals surface area (Å²) in [6.45, 7) is 1.10. The SMILES string of the molecule is Nc1cc(Cl)cc(Cl)c1S(=O)(=O)NC(CCn1ccnc1[N+](=O)[O-])C(=O)N1CC[C@@H]2CCCC[C@@H]2C1. The van der Waals surface area contributed by atoms with E-state index in [2.05, 4.69) is 9.71 Å². The molecule has 1 amide bonds. The molecule has 1 aliphatic heterocycles. The number of hydrogen-bond acceptors (Lipinski definition) is 7. The third-order valence-corrected chi connectivity index (χ3v) is 9.24. The largest absolute Gasteiger partial charge is 0.434 e. The van der Waals surface area contributed by atoms with E-state index in [1.165, 1.54) is 35.5 Å². The molecule has 14 heteroatoms. The van der Waals surface area contributed by atoms with Crippen LogP contribution in [0.1, 0.15) is 38.5 Å². The normalized spacial score (nSPS) is 21.1. The number of nitrogen functional groups attached to an aromatic ring is 1. The third kappa shape index (κ3) is 5.77. The minimum atomic E-state index is -4.33. The fraction of sp³-hybridized carbons (Fsp3) is 0.545. The van der Waals surface area contributed by atoms with E-state index in [9.17, 15) is 23.3 Å². The molecular formula is C22H28Cl2N6O5S. The molecule has 3 N–H and O–H groups in total. The maximum Gasteiger partial charge on any atom is 0.434 e. The second-order valence-corrected chi connectivity index (χ2v) is 11.8. The lowest BCUT2D eigenvalue weighted by molar-refractivity contribution is -0.396. The van der Waals surface area contributed by atoms with Crippen LogP contribution < -0.4 is 10.5 Å². The molecular weight excluding hydrogens is 531 g/mol. The lowest BCUT2D eigenvalue weighted by Gasteiger charge is -2.42. The van der Waals surface area contributed by atoms with Gasteiger partial charge in [-0.1, -0.05) is 47.4 Å². The van der Waals surface area contributed by atoms with E-state index in [0.29, 0.717) is 24.9 Å². The monoisotopic (exact) mass is 558 g/mol. The molecule has 2 aliphatic rings. The number of benzene rings is 1. The van der Waals surface area contributed by atoms with Crippen LogP contribution in [-0.4, -0.2) is 52.8 Å². The smallest absolute Gasteiger partial charge is 0.398 e. The number of nitrogens with two attached hydrogens (primary N) is 1. The molecule has 4 rings (SSSR count). The van der Waals surface area contributed by atoms with Crippen LogP contribution >= 0.6 is 23.2 Å². The predicted octanol–water partition coefficient (Wildman–Crippen LogP) is 3.46. The predicted molar refractivity (Wildman–Crippen MR) is 135 cm³/mol. The molecule has 0 radical (unpaired) electrons. The maximum atomic E-state index is 13.6. The highest BCUT2D eigenvalue weighted by molar-refractivity contribution is 7.89. The van der Waals surface area contributed by atoms with Gasteiger partial charge in [0.2, 0.25) is 15.9 Å². The van der Waals surface area contributed by atoms with Gasteiger partial charge in [0, 0.05) is 24.5 Å². The topological polar surface area (TPSA) is 153 Å². The summed E-state index contributed by atoms with van der Waals surface area (Å²) in [5, 5.41) is 11.3. The summed E-state index contributed by atoms with van der Waals surface area (Å²) < 4.78 is 30.4. The van der Waals surface area contributed by atoms with Gasteiger partial charge < -0.3 is 20.7 Å². The molecule has 36 heavy (non-hydrogen) atoms. The Morgan fingerprint density at radius 1 is 1.25 bits per heavy atom. The molecule has 2 aromatic rings. The number of carbonyl (C=O) groups excluding carboxylic acids is 1. The Labute approximate surface area is 219 Å². The lowest BCUT2D eigenvalue weighted by atomic mass is 9.75. The van der Waals surface area contributed by atoms with E-state index in [1.54, 1.807) is 4.90 Å². The molecule has 2 heterocycles. The first-order chi connectivity index (χ1) is 17.1. The number of nitro groups is 1. The first-order valence-electron chi connectivity index (χ1n) is 11.8. The van der Waals surface area contributed by atoms with Crippen molar-refractivity contribution < 1.29 is 18.1 Å². The highest BCUT2D eigenvalue weighted by Crippen LogP contribution is 2.36. The van der Waals surface area contributed by atoms with Gasteiger partial charge in [0.15, 0.2) is 0 Å². The van der Waals surface area contributed by atoms with E-state index >= 15 is 0 Å². The second-order valence-electron chi connectivity index (χ2n) is 9.32. The van der Waals surface area contributed by atoms with Crippen molar-refractivity contribution in [2.45, 2.75) is 56.0 Å². The van der Waals surface area contributed by atoms with Gasteiger partial charge in [-0.15, -0.1) is 0 Å². The Balaban J connectivity index is 1.59. The van der Waals surface area contributed by atoms with Gasteiger partial charge in [-0.2, -0.15) is 4.72 Å². The van der Waals surface area contributed by atoms with Gasteiger partial charge >= 0.3 is 5.95 Å². The van der Waals surface area contributed by atoms with Crippen molar-refractivity contribution in [1.82, 2.24) is 19.2 Å². The van der Waals surface area contributed by atoms with Crippen LogP contribution in [0.3, 0.4) is 0 Å². The number of piperidine rings is 1. The minimum absolute atomic E-state index is 0.00103. The van der Waals surface area contributed by atoms with Gasteiger partial charge in [-0.3, -0.25) is 4.79 Å². The number of nitrogens with zero attached hydrogens (tertiary/aromatic N) is 4. The average molecular weight is 559 g/mol. The van der Waals surface area contributed by atoms with Crippen LogP contribution in [0.2, 0.25) is 10.0 Å². The van der Waals surface area contributed by atoms with Gasteiger partial charge in [-0.25, -0.2) is 13.0 Å². The number of amides is 1.